The van der Waals surface area contributed by atoms with Gasteiger partial charge in [-0.2, -0.15) is 0 Å². The maximum Gasteiger partial charge on any atom is 0.251 e. The highest BCUT2D eigenvalue weighted by Gasteiger charge is 2.45. The summed E-state index contributed by atoms with van der Waals surface area (Å²) >= 11 is 0. The molecule has 0 aromatic heterocycles. The van der Waals surface area contributed by atoms with Crippen molar-refractivity contribution in [3.05, 3.63) is 58.9 Å². The maximum atomic E-state index is 14.1. The molecule has 2 aromatic rings. The molecule has 0 unspecified atom stereocenters. The lowest BCUT2D eigenvalue weighted by Gasteiger charge is -2.44. The van der Waals surface area contributed by atoms with Crippen LogP contribution in [0.2, 0.25) is 0 Å². The van der Waals surface area contributed by atoms with Crippen LogP contribution in [0.3, 0.4) is 0 Å². The third kappa shape index (κ3) is 4.93. The summed E-state index contributed by atoms with van der Waals surface area (Å²) in [6.07, 6.45) is -0.503. The lowest BCUT2D eigenvalue weighted by molar-refractivity contribution is -0.132. The van der Waals surface area contributed by atoms with Crippen molar-refractivity contribution in [2.75, 3.05) is 0 Å². The van der Waals surface area contributed by atoms with E-state index in [2.05, 4.69) is 10.3 Å². The zero-order valence-electron chi connectivity index (χ0n) is 23.0. The Labute approximate surface area is 227 Å². The molecule has 2 aromatic carbocycles. The van der Waals surface area contributed by atoms with E-state index >= 15 is 0 Å². The van der Waals surface area contributed by atoms with Crippen molar-refractivity contribution in [1.82, 2.24) is 10.2 Å². The van der Waals surface area contributed by atoms with Crippen molar-refractivity contribution in [3.63, 3.8) is 0 Å². The number of rotatable bonds is 3. The van der Waals surface area contributed by atoms with Crippen LogP contribution in [0.15, 0.2) is 41.4 Å². The Morgan fingerprint density at radius 2 is 1.74 bits per heavy atom. The second kappa shape index (κ2) is 8.94. The Morgan fingerprint density at radius 3 is 2.44 bits per heavy atom. The van der Waals surface area contributed by atoms with Crippen molar-refractivity contribution in [2.45, 2.75) is 89.3 Å². The zero-order valence-corrected chi connectivity index (χ0v) is 23.0. The minimum Gasteiger partial charge on any atom is -0.487 e. The first-order valence-corrected chi connectivity index (χ1v) is 13.0. The number of carbonyl (C=O) groups is 2. The Hall–Kier alpha value is -3.66. The number of aliphatic hydroxyl groups is 1. The number of nitrogens with two attached hydrogens (primary N) is 1. The quantitative estimate of drug-likeness (QED) is 0.546. The first kappa shape index (κ1) is 26.9. The molecule has 208 valence electrons. The first-order valence-electron chi connectivity index (χ1n) is 13.0. The number of carbonyl (C=O) groups excluding carboxylic acids is 2. The molecule has 0 spiro atoms. The number of aliphatic hydroxyl groups excluding tert-OH is 1. The number of ether oxygens (including phenoxy) is 2. The summed E-state index contributed by atoms with van der Waals surface area (Å²) in [6, 6.07) is 7.60. The number of aliphatic imine (C=N–C) groups is 1. The fourth-order valence-corrected chi connectivity index (χ4v) is 5.66. The molecule has 4 N–H and O–H groups in total. The minimum atomic E-state index is -1.14. The number of fused-ring (bicyclic) bond motifs is 2. The molecule has 0 fully saturated rings. The van der Waals surface area contributed by atoms with Crippen LogP contribution in [-0.2, 0) is 4.79 Å². The van der Waals surface area contributed by atoms with Crippen molar-refractivity contribution in [2.24, 2.45) is 10.7 Å². The minimum absolute atomic E-state index is 0.131. The molecule has 0 bridgehead atoms. The lowest BCUT2D eigenvalue weighted by Crippen LogP contribution is -2.54. The van der Waals surface area contributed by atoms with Gasteiger partial charge in [-0.3, -0.25) is 14.5 Å². The number of halogens is 1. The van der Waals surface area contributed by atoms with Crippen LogP contribution in [0, 0.1) is 5.82 Å². The molecule has 5 rings (SSSR count). The second-order valence-electron chi connectivity index (χ2n) is 12.3. The fraction of sp³-hybridized carbons (Fsp3) is 0.483. The van der Waals surface area contributed by atoms with Gasteiger partial charge in [-0.25, -0.2) is 9.38 Å². The zero-order chi connectivity index (χ0) is 28.5. The van der Waals surface area contributed by atoms with Crippen LogP contribution in [0.1, 0.15) is 88.0 Å². The average Bonchev–Trinajstić information content (AvgIpc) is 2.80. The highest BCUT2D eigenvalue weighted by atomic mass is 19.1. The highest BCUT2D eigenvalue weighted by Crippen LogP contribution is 2.45. The number of benzene rings is 2. The highest BCUT2D eigenvalue weighted by molar-refractivity contribution is 6.00. The standard InChI is InChI=1S/C29H35FN4O5/c1-27(2)14-22(35)34(26(31)33-27)19-13-28(3,4)38-20-9-7-15(11-17(19)20)25(37)32-23-18-12-16(30)8-10-21(18)39-29(5,6)24(23)36/h7-12,19,23-24,36H,13-14H2,1-6H3,(H2,31,33)(H,32,37)/t19-,23-,24+/m1/s1. The van der Waals surface area contributed by atoms with E-state index in [1.807, 2.05) is 27.7 Å². The van der Waals surface area contributed by atoms with E-state index in [0.717, 1.165) is 0 Å². The number of guanidine groups is 1. The molecule has 9 nitrogen and oxygen atoms in total. The van der Waals surface area contributed by atoms with Crippen LogP contribution >= 0.6 is 0 Å². The molecule has 0 aliphatic carbocycles. The Bertz CT molecular complexity index is 1390. The topological polar surface area (TPSA) is 126 Å². The molecule has 39 heavy (non-hydrogen) atoms. The molecule has 0 saturated carbocycles. The van der Waals surface area contributed by atoms with Gasteiger partial charge in [-0.1, -0.05) is 0 Å². The molecule has 2 amide bonds. The largest absolute Gasteiger partial charge is 0.487 e. The van der Waals surface area contributed by atoms with E-state index in [9.17, 15) is 19.1 Å². The molecule has 3 heterocycles. The normalized spacial score (nSPS) is 26.4. The maximum absolute atomic E-state index is 14.1. The van der Waals surface area contributed by atoms with Crippen molar-refractivity contribution >= 4 is 17.8 Å². The fourth-order valence-electron chi connectivity index (χ4n) is 5.66. The predicted molar refractivity (Wildman–Crippen MR) is 143 cm³/mol. The first-order chi connectivity index (χ1) is 18.1. The summed E-state index contributed by atoms with van der Waals surface area (Å²) in [5, 5.41) is 13.9. The van der Waals surface area contributed by atoms with E-state index in [1.54, 1.807) is 32.0 Å². The molecular formula is C29H35FN4O5. The molecule has 3 aliphatic heterocycles. The second-order valence-corrected chi connectivity index (χ2v) is 12.3. The van der Waals surface area contributed by atoms with Crippen LogP contribution in [0.4, 0.5) is 4.39 Å². The van der Waals surface area contributed by atoms with Crippen LogP contribution in [0.5, 0.6) is 11.5 Å². The third-order valence-corrected chi connectivity index (χ3v) is 7.52. The number of hydrogen-bond donors (Lipinski definition) is 3. The smallest absolute Gasteiger partial charge is 0.251 e. The van der Waals surface area contributed by atoms with Gasteiger partial charge in [-0.15, -0.1) is 0 Å². The molecule has 3 aliphatic rings. The van der Waals surface area contributed by atoms with E-state index < -0.39 is 46.7 Å². The van der Waals surface area contributed by atoms with Gasteiger partial charge >= 0.3 is 0 Å². The van der Waals surface area contributed by atoms with Crippen molar-refractivity contribution in [3.8, 4) is 11.5 Å². The number of nitrogens with one attached hydrogen (secondary N) is 1. The average molecular weight is 539 g/mol. The van der Waals surface area contributed by atoms with Gasteiger partial charge in [-0.05, 0) is 77.9 Å². The molecule has 10 heteroatoms. The van der Waals surface area contributed by atoms with Crippen LogP contribution in [-0.4, -0.2) is 50.6 Å². The molecule has 3 atom stereocenters. The van der Waals surface area contributed by atoms with Gasteiger partial charge in [0.15, 0.2) is 5.96 Å². The van der Waals surface area contributed by atoms with Gasteiger partial charge < -0.3 is 25.6 Å². The summed E-state index contributed by atoms with van der Waals surface area (Å²) < 4.78 is 26.2. The summed E-state index contributed by atoms with van der Waals surface area (Å²) in [5.74, 6) is -0.0786. The van der Waals surface area contributed by atoms with E-state index in [4.69, 9.17) is 15.2 Å². The number of nitrogens with zero attached hydrogens (tertiary/aromatic N) is 2. The van der Waals surface area contributed by atoms with E-state index in [0.29, 0.717) is 29.0 Å². The van der Waals surface area contributed by atoms with E-state index in [-0.39, 0.29) is 23.9 Å². The predicted octanol–water partition coefficient (Wildman–Crippen LogP) is 3.76. The Kier molecular flexibility index (Phi) is 6.17. The number of hydrogen-bond acceptors (Lipinski definition) is 7. The number of amides is 2. The van der Waals surface area contributed by atoms with Gasteiger partial charge in [0.05, 0.1) is 24.0 Å². The van der Waals surface area contributed by atoms with Crippen molar-refractivity contribution < 1.29 is 28.6 Å². The molecule has 0 saturated heterocycles. The Balaban J connectivity index is 1.51. The molecule has 0 radical (unpaired) electrons. The van der Waals surface area contributed by atoms with Gasteiger partial charge in [0, 0.05) is 23.1 Å². The summed E-state index contributed by atoms with van der Waals surface area (Å²) in [6.45, 7) is 11.0. The summed E-state index contributed by atoms with van der Waals surface area (Å²) in [4.78, 5) is 32.8. The summed E-state index contributed by atoms with van der Waals surface area (Å²) in [5.41, 5.74) is 5.35. The summed E-state index contributed by atoms with van der Waals surface area (Å²) in [7, 11) is 0. The molecular weight excluding hydrogens is 503 g/mol. The van der Waals surface area contributed by atoms with Gasteiger partial charge in [0.25, 0.3) is 5.91 Å². The van der Waals surface area contributed by atoms with E-state index in [1.165, 1.54) is 23.1 Å². The van der Waals surface area contributed by atoms with Crippen LogP contribution < -0.4 is 20.5 Å². The lowest BCUT2D eigenvalue weighted by atomic mass is 9.85. The third-order valence-electron chi connectivity index (χ3n) is 7.52. The van der Waals surface area contributed by atoms with Crippen molar-refractivity contribution in [1.29, 1.82) is 0 Å². The van der Waals surface area contributed by atoms with Gasteiger partial charge in [0.1, 0.15) is 34.6 Å². The van der Waals surface area contributed by atoms with Gasteiger partial charge in [0.2, 0.25) is 5.91 Å². The SMILES string of the molecule is CC1(C)CC(=O)N([C@@H]2CC(C)(C)Oc3ccc(C(=O)N[C@@H]4c5cc(F)ccc5OC(C)(C)[C@H]4O)cc32)C(N)=N1. The Morgan fingerprint density at radius 1 is 1.08 bits per heavy atom. The van der Waals surface area contributed by atoms with Crippen LogP contribution in [0.25, 0.3) is 0 Å². The monoisotopic (exact) mass is 538 g/mol.